The van der Waals surface area contributed by atoms with Crippen LogP contribution in [-0.2, 0) is 10.0 Å². The number of piperidine rings is 1. The number of nitrogens with one attached hydrogen (secondary N) is 1. The lowest BCUT2D eigenvalue weighted by Crippen LogP contribution is -2.44. The van der Waals surface area contributed by atoms with Gasteiger partial charge in [0.05, 0.1) is 5.02 Å². The van der Waals surface area contributed by atoms with Crippen LogP contribution in [0.3, 0.4) is 0 Å². The average molecular weight is 353 g/mol. The molecule has 0 radical (unpaired) electrons. The standard InChI is InChI=1S/C14H21ClN2O2S.ClH/c1-2-9-17-10-7-12(8-11-17)16-20(18,19)14-6-4-3-5-13(14)15;/h3-6,12,16H,2,7-11H2,1H3;1H. The fraction of sp³-hybridized carbons (Fsp3) is 0.571. The highest BCUT2D eigenvalue weighted by Gasteiger charge is 2.25. The molecule has 0 aliphatic carbocycles. The van der Waals surface area contributed by atoms with Crippen molar-refractivity contribution in [1.29, 1.82) is 0 Å². The summed E-state index contributed by atoms with van der Waals surface area (Å²) in [6.45, 7) is 5.14. The minimum Gasteiger partial charge on any atom is -0.303 e. The summed E-state index contributed by atoms with van der Waals surface area (Å²) in [5, 5.41) is 0.267. The number of halogens is 2. The van der Waals surface area contributed by atoms with Gasteiger partial charge in [-0.1, -0.05) is 30.7 Å². The van der Waals surface area contributed by atoms with Crippen LogP contribution in [0.5, 0.6) is 0 Å². The van der Waals surface area contributed by atoms with E-state index in [1.165, 1.54) is 6.07 Å². The molecule has 120 valence electrons. The first-order valence-electron chi connectivity index (χ1n) is 7.02. The van der Waals surface area contributed by atoms with Gasteiger partial charge in [-0.05, 0) is 51.0 Å². The molecule has 1 saturated heterocycles. The van der Waals surface area contributed by atoms with Gasteiger partial charge in [0.15, 0.2) is 0 Å². The molecule has 0 amide bonds. The van der Waals surface area contributed by atoms with Crippen molar-refractivity contribution in [2.75, 3.05) is 19.6 Å². The van der Waals surface area contributed by atoms with E-state index in [1.807, 2.05) is 0 Å². The van der Waals surface area contributed by atoms with Gasteiger partial charge in [0.25, 0.3) is 0 Å². The molecule has 1 aliphatic heterocycles. The molecule has 0 unspecified atom stereocenters. The van der Waals surface area contributed by atoms with Crippen molar-refractivity contribution in [2.24, 2.45) is 0 Å². The number of likely N-dealkylation sites (tertiary alicyclic amines) is 1. The lowest BCUT2D eigenvalue weighted by molar-refractivity contribution is 0.208. The highest BCUT2D eigenvalue weighted by Crippen LogP contribution is 2.22. The fourth-order valence-corrected chi connectivity index (χ4v) is 4.36. The number of nitrogens with zero attached hydrogens (tertiary/aromatic N) is 1. The molecule has 0 aromatic heterocycles. The van der Waals surface area contributed by atoms with Gasteiger partial charge in [-0.15, -0.1) is 12.4 Å². The summed E-state index contributed by atoms with van der Waals surface area (Å²) in [4.78, 5) is 2.54. The SMILES string of the molecule is CCCN1CCC(NS(=O)(=O)c2ccccc2Cl)CC1.Cl. The van der Waals surface area contributed by atoms with Crippen LogP contribution in [0.4, 0.5) is 0 Å². The summed E-state index contributed by atoms with van der Waals surface area (Å²) in [6.07, 6.45) is 2.84. The molecule has 0 atom stereocenters. The van der Waals surface area contributed by atoms with Crippen LogP contribution in [0.2, 0.25) is 5.02 Å². The van der Waals surface area contributed by atoms with E-state index in [9.17, 15) is 8.42 Å². The summed E-state index contributed by atoms with van der Waals surface area (Å²) in [5.74, 6) is 0. The Balaban J connectivity index is 0.00000220. The first-order chi connectivity index (χ1) is 9.53. The van der Waals surface area contributed by atoms with E-state index >= 15 is 0 Å². The van der Waals surface area contributed by atoms with Crippen molar-refractivity contribution in [1.82, 2.24) is 9.62 Å². The Kier molecular flexibility index (Phi) is 7.44. The quantitative estimate of drug-likeness (QED) is 0.886. The Morgan fingerprint density at radius 3 is 2.48 bits per heavy atom. The van der Waals surface area contributed by atoms with E-state index in [0.717, 1.165) is 38.9 Å². The van der Waals surface area contributed by atoms with Crippen LogP contribution in [-0.4, -0.2) is 39.0 Å². The van der Waals surface area contributed by atoms with E-state index < -0.39 is 10.0 Å². The topological polar surface area (TPSA) is 49.4 Å². The van der Waals surface area contributed by atoms with Gasteiger partial charge < -0.3 is 4.90 Å². The van der Waals surface area contributed by atoms with Crippen LogP contribution in [0.1, 0.15) is 26.2 Å². The van der Waals surface area contributed by atoms with Gasteiger partial charge in [0, 0.05) is 6.04 Å². The molecule has 4 nitrogen and oxygen atoms in total. The zero-order valence-corrected chi connectivity index (χ0v) is 14.5. The average Bonchev–Trinajstić information content (AvgIpc) is 2.41. The van der Waals surface area contributed by atoms with Gasteiger partial charge in [-0.3, -0.25) is 0 Å². The number of benzene rings is 1. The van der Waals surface area contributed by atoms with Crippen LogP contribution in [0, 0.1) is 0 Å². The maximum atomic E-state index is 12.3. The van der Waals surface area contributed by atoms with Gasteiger partial charge >= 0.3 is 0 Å². The molecule has 21 heavy (non-hydrogen) atoms. The van der Waals surface area contributed by atoms with Crippen molar-refractivity contribution in [2.45, 2.75) is 37.1 Å². The zero-order valence-electron chi connectivity index (χ0n) is 12.1. The summed E-state index contributed by atoms with van der Waals surface area (Å²) >= 11 is 5.96. The third kappa shape index (κ3) is 5.11. The van der Waals surface area contributed by atoms with E-state index in [2.05, 4.69) is 16.5 Å². The lowest BCUT2D eigenvalue weighted by atomic mass is 10.1. The molecule has 0 spiro atoms. The number of hydrogen-bond acceptors (Lipinski definition) is 3. The van der Waals surface area contributed by atoms with Crippen molar-refractivity contribution >= 4 is 34.0 Å². The Morgan fingerprint density at radius 2 is 1.90 bits per heavy atom. The molecule has 1 aliphatic rings. The highest BCUT2D eigenvalue weighted by molar-refractivity contribution is 7.89. The number of rotatable bonds is 5. The van der Waals surface area contributed by atoms with Gasteiger partial charge in [-0.2, -0.15) is 0 Å². The van der Waals surface area contributed by atoms with E-state index in [1.54, 1.807) is 18.2 Å². The molecular formula is C14H22Cl2N2O2S. The van der Waals surface area contributed by atoms with Crippen molar-refractivity contribution in [3.05, 3.63) is 29.3 Å². The molecule has 1 aromatic rings. The predicted molar refractivity (Wildman–Crippen MR) is 88.8 cm³/mol. The maximum absolute atomic E-state index is 12.3. The third-order valence-electron chi connectivity index (χ3n) is 3.58. The van der Waals surface area contributed by atoms with E-state index in [-0.39, 0.29) is 28.4 Å². The zero-order chi connectivity index (χ0) is 14.6. The molecule has 1 fully saturated rings. The third-order valence-corrected chi connectivity index (χ3v) is 5.60. The number of hydrogen-bond donors (Lipinski definition) is 1. The molecule has 7 heteroatoms. The summed E-state index contributed by atoms with van der Waals surface area (Å²) < 4.78 is 27.4. The van der Waals surface area contributed by atoms with Crippen molar-refractivity contribution < 1.29 is 8.42 Å². The van der Waals surface area contributed by atoms with Crippen LogP contribution in [0.25, 0.3) is 0 Å². The lowest BCUT2D eigenvalue weighted by Gasteiger charge is -2.31. The number of sulfonamides is 1. The van der Waals surface area contributed by atoms with E-state index in [0.29, 0.717) is 0 Å². The van der Waals surface area contributed by atoms with Crippen molar-refractivity contribution in [3.63, 3.8) is 0 Å². The largest absolute Gasteiger partial charge is 0.303 e. The molecule has 1 N–H and O–H groups in total. The smallest absolute Gasteiger partial charge is 0.242 e. The first kappa shape index (κ1) is 18.7. The van der Waals surface area contributed by atoms with E-state index in [4.69, 9.17) is 11.6 Å². The second kappa shape index (κ2) is 8.34. The molecular weight excluding hydrogens is 331 g/mol. The predicted octanol–water partition coefficient (Wildman–Crippen LogP) is 2.91. The maximum Gasteiger partial charge on any atom is 0.242 e. The van der Waals surface area contributed by atoms with Gasteiger partial charge in [0.1, 0.15) is 4.90 Å². The Hall–Kier alpha value is -0.330. The minimum absolute atomic E-state index is 0. The van der Waals surface area contributed by atoms with Gasteiger partial charge in [0.2, 0.25) is 10.0 Å². The van der Waals surface area contributed by atoms with Crippen LogP contribution >= 0.6 is 24.0 Å². The molecule has 0 bridgehead atoms. The van der Waals surface area contributed by atoms with Crippen LogP contribution < -0.4 is 4.72 Å². The molecule has 1 aromatic carbocycles. The second-order valence-electron chi connectivity index (χ2n) is 5.17. The Morgan fingerprint density at radius 1 is 1.29 bits per heavy atom. The summed E-state index contributed by atoms with van der Waals surface area (Å²) in [5.41, 5.74) is 0. The Bertz CT molecular complexity index is 544. The Labute approximate surface area is 138 Å². The van der Waals surface area contributed by atoms with Crippen molar-refractivity contribution in [3.8, 4) is 0 Å². The fourth-order valence-electron chi connectivity index (χ4n) is 2.54. The summed E-state index contributed by atoms with van der Waals surface area (Å²) in [7, 11) is -3.52. The monoisotopic (exact) mass is 352 g/mol. The van der Waals surface area contributed by atoms with Gasteiger partial charge in [-0.25, -0.2) is 13.1 Å². The first-order valence-corrected chi connectivity index (χ1v) is 8.88. The minimum atomic E-state index is -3.52. The summed E-state index contributed by atoms with van der Waals surface area (Å²) in [6, 6.07) is 6.55. The highest BCUT2D eigenvalue weighted by atomic mass is 35.5. The molecule has 1 heterocycles. The molecule has 2 rings (SSSR count). The van der Waals surface area contributed by atoms with Crippen LogP contribution in [0.15, 0.2) is 29.2 Å². The molecule has 0 saturated carbocycles. The second-order valence-corrected chi connectivity index (χ2v) is 7.26. The normalized spacial score (nSPS) is 17.4.